The van der Waals surface area contributed by atoms with Gasteiger partial charge in [-0.2, -0.15) is 0 Å². The lowest BCUT2D eigenvalue weighted by Gasteiger charge is -2.15. The number of nitrogens with one attached hydrogen (secondary N) is 1. The molecule has 0 atom stereocenters. The van der Waals surface area contributed by atoms with Crippen molar-refractivity contribution in [3.63, 3.8) is 0 Å². The smallest absolute Gasteiger partial charge is 0.278 e. The summed E-state index contributed by atoms with van der Waals surface area (Å²) < 4.78 is 13.2. The Hall–Kier alpha value is -3.73. The van der Waals surface area contributed by atoms with Gasteiger partial charge in [0.05, 0.1) is 5.57 Å². The molecule has 5 heteroatoms. The minimum atomic E-state index is -0.353. The van der Waals surface area contributed by atoms with Crippen LogP contribution in [0.5, 0.6) is 0 Å². The van der Waals surface area contributed by atoms with E-state index in [0.717, 1.165) is 27.9 Å². The Morgan fingerprint density at radius 3 is 2.22 bits per heavy atom. The average molecular weight is 429 g/mol. The van der Waals surface area contributed by atoms with Gasteiger partial charge in [0, 0.05) is 12.2 Å². The highest BCUT2D eigenvalue weighted by Gasteiger charge is 2.39. The number of para-hydroxylation sites is 1. The molecule has 0 fully saturated rings. The Labute approximate surface area is 187 Å². The van der Waals surface area contributed by atoms with Gasteiger partial charge in [0.1, 0.15) is 11.5 Å². The minimum Gasteiger partial charge on any atom is -0.350 e. The van der Waals surface area contributed by atoms with Gasteiger partial charge < -0.3 is 5.32 Å². The van der Waals surface area contributed by atoms with Crippen LogP contribution in [-0.4, -0.2) is 23.3 Å². The van der Waals surface area contributed by atoms with Crippen molar-refractivity contribution in [2.24, 2.45) is 0 Å². The number of hydrogen-bond donors (Lipinski definition) is 1. The molecule has 1 heterocycles. The molecule has 3 aromatic carbocycles. The zero-order valence-corrected chi connectivity index (χ0v) is 18.4. The summed E-state index contributed by atoms with van der Waals surface area (Å²) in [6, 6.07) is 19.5. The zero-order chi connectivity index (χ0) is 22.8. The lowest BCUT2D eigenvalue weighted by molar-refractivity contribution is -0.136. The third-order valence-electron chi connectivity index (χ3n) is 5.91. The van der Waals surface area contributed by atoms with E-state index in [1.165, 1.54) is 17.0 Å². The van der Waals surface area contributed by atoms with E-state index >= 15 is 0 Å². The van der Waals surface area contributed by atoms with Crippen LogP contribution in [0.15, 0.2) is 72.4 Å². The molecule has 2 amide bonds. The third-order valence-corrected chi connectivity index (χ3v) is 5.91. The van der Waals surface area contributed by atoms with Gasteiger partial charge in [0.25, 0.3) is 11.8 Å². The van der Waals surface area contributed by atoms with Crippen molar-refractivity contribution in [3.8, 4) is 0 Å². The number of benzene rings is 3. The molecule has 0 unspecified atom stereocenters. The molecule has 32 heavy (non-hydrogen) atoms. The number of nitrogens with zero attached hydrogens (tertiary/aromatic N) is 1. The highest BCUT2D eigenvalue weighted by molar-refractivity contribution is 6.36. The van der Waals surface area contributed by atoms with E-state index in [1.54, 1.807) is 12.1 Å². The molecule has 3 aromatic rings. The van der Waals surface area contributed by atoms with Gasteiger partial charge in [0.2, 0.25) is 0 Å². The first-order valence-electron chi connectivity index (χ1n) is 10.6. The van der Waals surface area contributed by atoms with E-state index in [4.69, 9.17) is 0 Å². The van der Waals surface area contributed by atoms with Crippen LogP contribution in [0.4, 0.5) is 10.1 Å². The fraction of sp³-hybridized carbons (Fsp3) is 0.185. The Morgan fingerprint density at radius 1 is 0.812 bits per heavy atom. The lowest BCUT2D eigenvalue weighted by Crippen LogP contribution is -2.34. The first-order valence-corrected chi connectivity index (χ1v) is 10.6. The maximum Gasteiger partial charge on any atom is 0.278 e. The summed E-state index contributed by atoms with van der Waals surface area (Å²) in [5.74, 6) is -0.990. The van der Waals surface area contributed by atoms with Crippen molar-refractivity contribution in [2.75, 3.05) is 11.9 Å². The Balaban J connectivity index is 1.69. The van der Waals surface area contributed by atoms with Crippen LogP contribution < -0.4 is 5.32 Å². The van der Waals surface area contributed by atoms with Crippen LogP contribution in [0.1, 0.15) is 27.8 Å². The fourth-order valence-corrected chi connectivity index (χ4v) is 3.80. The maximum absolute atomic E-state index is 13.4. The molecular formula is C27H25FN2O2. The molecule has 0 aromatic heterocycles. The molecule has 0 aliphatic carbocycles. The van der Waals surface area contributed by atoms with E-state index in [-0.39, 0.29) is 29.9 Å². The van der Waals surface area contributed by atoms with Crippen molar-refractivity contribution < 1.29 is 14.0 Å². The van der Waals surface area contributed by atoms with Gasteiger partial charge in [-0.1, -0.05) is 48.5 Å². The number of anilines is 1. The molecule has 0 spiro atoms. The van der Waals surface area contributed by atoms with Crippen molar-refractivity contribution in [3.05, 3.63) is 106 Å². The number of hydrogen-bond acceptors (Lipinski definition) is 3. The van der Waals surface area contributed by atoms with E-state index < -0.39 is 0 Å². The normalized spacial score (nSPS) is 13.8. The molecule has 1 N–H and O–H groups in total. The van der Waals surface area contributed by atoms with Crippen molar-refractivity contribution >= 4 is 23.1 Å². The predicted octanol–water partition coefficient (Wildman–Crippen LogP) is 5.19. The number of imide groups is 1. The second-order valence-electron chi connectivity index (χ2n) is 8.13. The topological polar surface area (TPSA) is 49.4 Å². The SMILES string of the molecule is Cc1ccc(C2=C(Nc3ccccc3C)C(=O)N(CCc3ccc(F)cc3)C2=O)cc1C. The monoisotopic (exact) mass is 428 g/mol. The van der Waals surface area contributed by atoms with E-state index in [2.05, 4.69) is 5.32 Å². The van der Waals surface area contributed by atoms with Crippen molar-refractivity contribution in [1.82, 2.24) is 4.90 Å². The molecular weight excluding hydrogens is 403 g/mol. The van der Waals surface area contributed by atoms with Gasteiger partial charge >= 0.3 is 0 Å². The minimum absolute atomic E-state index is 0.219. The number of aryl methyl sites for hydroxylation is 3. The first-order chi connectivity index (χ1) is 15.3. The molecule has 0 bridgehead atoms. The molecule has 0 saturated heterocycles. The number of rotatable bonds is 6. The highest BCUT2D eigenvalue weighted by atomic mass is 19.1. The first kappa shape index (κ1) is 21.5. The van der Waals surface area contributed by atoms with Crippen molar-refractivity contribution in [2.45, 2.75) is 27.2 Å². The van der Waals surface area contributed by atoms with Crippen LogP contribution in [0, 0.1) is 26.6 Å². The quantitative estimate of drug-likeness (QED) is 0.550. The number of amides is 2. The summed E-state index contributed by atoms with van der Waals surface area (Å²) in [7, 11) is 0. The Bertz CT molecular complexity index is 1230. The van der Waals surface area contributed by atoms with Crippen LogP contribution in [0.2, 0.25) is 0 Å². The maximum atomic E-state index is 13.4. The molecule has 4 nitrogen and oxygen atoms in total. The van der Waals surface area contributed by atoms with Crippen LogP contribution >= 0.6 is 0 Å². The summed E-state index contributed by atoms with van der Waals surface area (Å²) >= 11 is 0. The van der Waals surface area contributed by atoms with Gasteiger partial charge in [-0.15, -0.1) is 0 Å². The lowest BCUT2D eigenvalue weighted by atomic mass is 9.99. The van der Waals surface area contributed by atoms with Crippen LogP contribution in [0.25, 0.3) is 5.57 Å². The largest absolute Gasteiger partial charge is 0.350 e. The second-order valence-corrected chi connectivity index (χ2v) is 8.13. The molecule has 1 aliphatic rings. The summed E-state index contributed by atoms with van der Waals surface area (Å²) in [6.45, 7) is 6.17. The molecule has 1 aliphatic heterocycles. The number of carbonyl (C=O) groups excluding carboxylic acids is 2. The van der Waals surface area contributed by atoms with Gasteiger partial charge in [-0.3, -0.25) is 14.5 Å². The number of carbonyl (C=O) groups is 2. The standard InChI is InChI=1S/C27H25FN2O2/c1-17-8-11-21(16-19(17)3)24-25(29-23-7-5-4-6-18(23)2)27(32)30(26(24)31)15-14-20-9-12-22(28)13-10-20/h4-13,16,29H,14-15H2,1-3H3. The van der Waals surface area contributed by atoms with Crippen LogP contribution in [-0.2, 0) is 16.0 Å². The van der Waals surface area contributed by atoms with E-state index in [1.807, 2.05) is 63.2 Å². The van der Waals surface area contributed by atoms with Gasteiger partial charge in [-0.05, 0) is 73.2 Å². The molecule has 162 valence electrons. The molecule has 0 radical (unpaired) electrons. The van der Waals surface area contributed by atoms with Gasteiger partial charge in [0.15, 0.2) is 0 Å². The predicted molar refractivity (Wildman–Crippen MR) is 124 cm³/mol. The summed E-state index contributed by atoms with van der Waals surface area (Å²) in [6.07, 6.45) is 0.454. The zero-order valence-electron chi connectivity index (χ0n) is 18.4. The number of halogens is 1. The van der Waals surface area contributed by atoms with E-state index in [9.17, 15) is 14.0 Å². The van der Waals surface area contributed by atoms with E-state index in [0.29, 0.717) is 17.6 Å². The third kappa shape index (κ3) is 4.19. The fourth-order valence-electron chi connectivity index (χ4n) is 3.80. The van der Waals surface area contributed by atoms with Crippen molar-refractivity contribution in [1.29, 1.82) is 0 Å². The molecule has 4 rings (SSSR count). The second kappa shape index (κ2) is 8.79. The Kier molecular flexibility index (Phi) is 5.91. The highest BCUT2D eigenvalue weighted by Crippen LogP contribution is 2.32. The average Bonchev–Trinajstić information content (AvgIpc) is 3.00. The van der Waals surface area contributed by atoms with Gasteiger partial charge in [-0.25, -0.2) is 4.39 Å². The summed E-state index contributed by atoms with van der Waals surface area (Å²) in [5.41, 5.74) is 6.16. The van der Waals surface area contributed by atoms with Crippen LogP contribution in [0.3, 0.4) is 0 Å². The molecule has 0 saturated carbocycles. The Morgan fingerprint density at radius 2 is 1.53 bits per heavy atom. The summed E-state index contributed by atoms with van der Waals surface area (Å²) in [4.78, 5) is 28.1. The summed E-state index contributed by atoms with van der Waals surface area (Å²) in [5, 5.41) is 3.23.